The summed E-state index contributed by atoms with van der Waals surface area (Å²) in [5.74, 6) is 0. The molecule has 0 aliphatic carbocycles. The third kappa shape index (κ3) is 3.13. The monoisotopic (exact) mass is 268 g/mol. The van der Waals surface area contributed by atoms with Gasteiger partial charge in [-0.25, -0.2) is 0 Å². The summed E-state index contributed by atoms with van der Waals surface area (Å²) < 4.78 is 11.6. The van der Waals surface area contributed by atoms with Crippen LogP contribution in [-0.4, -0.2) is 62.0 Å². The lowest BCUT2D eigenvalue weighted by Gasteiger charge is -2.44. The van der Waals surface area contributed by atoms with Gasteiger partial charge < -0.3 is 19.7 Å². The van der Waals surface area contributed by atoms with Crippen molar-refractivity contribution in [1.82, 2.24) is 10.2 Å². The highest BCUT2D eigenvalue weighted by Crippen LogP contribution is 2.35. The molecular formula is C15H28N2O2. The molecular weight excluding hydrogens is 240 g/mol. The standard InChI is InChI=1S/C15H28N2O2/c1-2-16-13-3-7-17(8-4-13)14-5-9-19-15(11-14)6-10-18-12-15/h13-14,16H,2-12H2,1H3. The van der Waals surface area contributed by atoms with Gasteiger partial charge in [0.15, 0.2) is 0 Å². The van der Waals surface area contributed by atoms with Gasteiger partial charge in [0.25, 0.3) is 0 Å². The number of likely N-dealkylation sites (tertiary alicyclic amines) is 1. The fourth-order valence-electron chi connectivity index (χ4n) is 3.93. The average Bonchev–Trinajstić information content (AvgIpc) is 2.88. The highest BCUT2D eigenvalue weighted by Gasteiger charge is 2.42. The number of ether oxygens (including phenoxy) is 2. The maximum absolute atomic E-state index is 6.04. The van der Waals surface area contributed by atoms with Gasteiger partial charge in [0.2, 0.25) is 0 Å². The van der Waals surface area contributed by atoms with Crippen molar-refractivity contribution in [3.05, 3.63) is 0 Å². The molecule has 3 aliphatic heterocycles. The largest absolute Gasteiger partial charge is 0.378 e. The van der Waals surface area contributed by atoms with E-state index in [9.17, 15) is 0 Å². The summed E-state index contributed by atoms with van der Waals surface area (Å²) in [5, 5.41) is 3.59. The van der Waals surface area contributed by atoms with Crippen LogP contribution in [0.4, 0.5) is 0 Å². The maximum Gasteiger partial charge on any atom is 0.0951 e. The number of rotatable bonds is 3. The second-order valence-electron chi connectivity index (χ2n) is 6.35. The first-order chi connectivity index (χ1) is 9.31. The first kappa shape index (κ1) is 13.8. The first-order valence-electron chi connectivity index (χ1n) is 8.00. The lowest BCUT2D eigenvalue weighted by Crippen LogP contribution is -2.52. The smallest absolute Gasteiger partial charge is 0.0951 e. The van der Waals surface area contributed by atoms with Crippen LogP contribution in [-0.2, 0) is 9.47 Å². The van der Waals surface area contributed by atoms with Crippen molar-refractivity contribution in [2.75, 3.05) is 39.5 Å². The van der Waals surface area contributed by atoms with Crippen LogP contribution in [0.1, 0.15) is 39.0 Å². The normalized spacial score (nSPS) is 38.1. The SMILES string of the molecule is CCNC1CCN(C2CCOC3(CCOC3)C2)CC1. The number of piperidine rings is 1. The summed E-state index contributed by atoms with van der Waals surface area (Å²) in [6.07, 6.45) is 6.08. The minimum absolute atomic E-state index is 0.0570. The van der Waals surface area contributed by atoms with E-state index in [4.69, 9.17) is 9.47 Å². The molecule has 2 atom stereocenters. The second kappa shape index (κ2) is 6.08. The Morgan fingerprint density at radius 2 is 2.05 bits per heavy atom. The molecule has 0 radical (unpaired) electrons. The lowest BCUT2D eigenvalue weighted by atomic mass is 9.88. The van der Waals surface area contributed by atoms with Crippen LogP contribution in [0, 0.1) is 0 Å². The van der Waals surface area contributed by atoms with Crippen molar-refractivity contribution in [2.45, 2.75) is 56.7 Å². The molecule has 3 heterocycles. The summed E-state index contributed by atoms with van der Waals surface area (Å²) in [7, 11) is 0. The van der Waals surface area contributed by atoms with Gasteiger partial charge in [0.1, 0.15) is 0 Å². The molecule has 0 aromatic heterocycles. The van der Waals surface area contributed by atoms with Crippen molar-refractivity contribution in [1.29, 1.82) is 0 Å². The van der Waals surface area contributed by atoms with E-state index in [1.54, 1.807) is 0 Å². The predicted octanol–water partition coefficient (Wildman–Crippen LogP) is 1.40. The highest BCUT2D eigenvalue weighted by atomic mass is 16.6. The second-order valence-corrected chi connectivity index (χ2v) is 6.35. The van der Waals surface area contributed by atoms with Crippen LogP contribution in [0.15, 0.2) is 0 Å². The van der Waals surface area contributed by atoms with Gasteiger partial charge >= 0.3 is 0 Å². The quantitative estimate of drug-likeness (QED) is 0.839. The molecule has 4 nitrogen and oxygen atoms in total. The van der Waals surface area contributed by atoms with Crippen molar-refractivity contribution in [3.63, 3.8) is 0 Å². The molecule has 2 unspecified atom stereocenters. The van der Waals surface area contributed by atoms with Crippen LogP contribution in [0.3, 0.4) is 0 Å². The third-order valence-corrected chi connectivity index (χ3v) is 5.07. The van der Waals surface area contributed by atoms with Gasteiger partial charge in [-0.1, -0.05) is 6.92 Å². The topological polar surface area (TPSA) is 33.7 Å². The fraction of sp³-hybridized carbons (Fsp3) is 1.00. The van der Waals surface area contributed by atoms with E-state index in [1.807, 2.05) is 0 Å². The minimum Gasteiger partial charge on any atom is -0.378 e. The molecule has 0 aromatic rings. The van der Waals surface area contributed by atoms with Crippen LogP contribution >= 0.6 is 0 Å². The van der Waals surface area contributed by atoms with Crippen molar-refractivity contribution < 1.29 is 9.47 Å². The summed E-state index contributed by atoms with van der Waals surface area (Å²) in [6.45, 7) is 8.42. The molecule has 3 fully saturated rings. The van der Waals surface area contributed by atoms with Crippen LogP contribution in [0.2, 0.25) is 0 Å². The van der Waals surface area contributed by atoms with Gasteiger partial charge in [-0.05, 0) is 45.3 Å². The number of nitrogens with one attached hydrogen (secondary N) is 1. The Bertz CT molecular complexity index is 284. The van der Waals surface area contributed by atoms with Crippen molar-refractivity contribution in [2.24, 2.45) is 0 Å². The molecule has 0 aromatic carbocycles. The Kier molecular flexibility index (Phi) is 4.42. The van der Waals surface area contributed by atoms with Gasteiger partial charge in [-0.2, -0.15) is 0 Å². The molecule has 1 spiro atoms. The van der Waals surface area contributed by atoms with E-state index in [2.05, 4.69) is 17.1 Å². The molecule has 110 valence electrons. The predicted molar refractivity (Wildman–Crippen MR) is 75.4 cm³/mol. The minimum atomic E-state index is 0.0570. The van der Waals surface area contributed by atoms with E-state index in [0.29, 0.717) is 0 Å². The fourth-order valence-corrected chi connectivity index (χ4v) is 3.93. The van der Waals surface area contributed by atoms with Crippen LogP contribution in [0.25, 0.3) is 0 Å². The molecule has 0 amide bonds. The highest BCUT2D eigenvalue weighted by molar-refractivity contribution is 4.94. The number of hydrogen-bond acceptors (Lipinski definition) is 4. The third-order valence-electron chi connectivity index (χ3n) is 5.07. The molecule has 3 saturated heterocycles. The molecule has 19 heavy (non-hydrogen) atoms. The van der Waals surface area contributed by atoms with E-state index in [1.165, 1.54) is 38.8 Å². The molecule has 3 aliphatic rings. The number of nitrogens with zero attached hydrogens (tertiary/aromatic N) is 1. The van der Waals surface area contributed by atoms with Gasteiger partial charge in [-0.3, -0.25) is 0 Å². The molecule has 4 heteroatoms. The Labute approximate surface area is 116 Å². The van der Waals surface area contributed by atoms with Crippen molar-refractivity contribution >= 4 is 0 Å². The Balaban J connectivity index is 1.52. The van der Waals surface area contributed by atoms with Gasteiger partial charge in [-0.15, -0.1) is 0 Å². The zero-order valence-electron chi connectivity index (χ0n) is 12.2. The zero-order chi connectivity index (χ0) is 13.1. The van der Waals surface area contributed by atoms with Crippen LogP contribution in [0.5, 0.6) is 0 Å². The van der Waals surface area contributed by atoms with E-state index in [0.717, 1.165) is 44.9 Å². The summed E-state index contributed by atoms with van der Waals surface area (Å²) >= 11 is 0. The van der Waals surface area contributed by atoms with E-state index >= 15 is 0 Å². The Morgan fingerprint density at radius 3 is 2.74 bits per heavy atom. The van der Waals surface area contributed by atoms with E-state index < -0.39 is 0 Å². The van der Waals surface area contributed by atoms with Gasteiger partial charge in [0.05, 0.1) is 12.2 Å². The molecule has 1 N–H and O–H groups in total. The maximum atomic E-state index is 6.04. The molecule has 0 bridgehead atoms. The average molecular weight is 268 g/mol. The number of hydrogen-bond donors (Lipinski definition) is 1. The summed E-state index contributed by atoms with van der Waals surface area (Å²) in [5.41, 5.74) is 0.0570. The van der Waals surface area contributed by atoms with Gasteiger partial charge in [0, 0.05) is 31.7 Å². The van der Waals surface area contributed by atoms with E-state index in [-0.39, 0.29) is 5.60 Å². The Morgan fingerprint density at radius 1 is 1.21 bits per heavy atom. The zero-order valence-corrected chi connectivity index (χ0v) is 12.2. The molecule has 0 saturated carbocycles. The Hall–Kier alpha value is -0.160. The van der Waals surface area contributed by atoms with Crippen molar-refractivity contribution in [3.8, 4) is 0 Å². The van der Waals surface area contributed by atoms with Crippen LogP contribution < -0.4 is 5.32 Å². The first-order valence-corrected chi connectivity index (χ1v) is 8.00. The summed E-state index contributed by atoms with van der Waals surface area (Å²) in [4.78, 5) is 2.70. The summed E-state index contributed by atoms with van der Waals surface area (Å²) in [6, 6.07) is 1.46. The lowest BCUT2D eigenvalue weighted by molar-refractivity contribution is -0.108. The molecule has 3 rings (SSSR count).